The van der Waals surface area contributed by atoms with E-state index >= 15 is 0 Å². The summed E-state index contributed by atoms with van der Waals surface area (Å²) >= 11 is 0. The van der Waals surface area contributed by atoms with Crippen LogP contribution in [0.5, 0.6) is 0 Å². The van der Waals surface area contributed by atoms with Crippen molar-refractivity contribution in [1.82, 2.24) is 4.57 Å². The largest absolute Gasteiger partial charge is 0.311 e. The molecule has 3 heteroatoms. The third kappa shape index (κ3) is 7.04. The minimum absolute atomic E-state index is 0.103. The Kier molecular flexibility index (Phi) is 9.41. The summed E-state index contributed by atoms with van der Waals surface area (Å²) in [6.07, 6.45) is 0. The lowest BCUT2D eigenvalue weighted by Crippen LogP contribution is -2.28. The van der Waals surface area contributed by atoms with Crippen LogP contribution in [0.25, 0.3) is 60.5 Å². The van der Waals surface area contributed by atoms with Gasteiger partial charge in [-0.3, -0.25) is 0 Å². The number of benzene rings is 12. The van der Waals surface area contributed by atoms with Crippen molar-refractivity contribution in [3.63, 3.8) is 0 Å². The molecule has 13 aromatic rings. The van der Waals surface area contributed by atoms with Crippen molar-refractivity contribution < 1.29 is 5.48 Å². The fourth-order valence-electron chi connectivity index (χ4n) is 11.6. The number of hydrogen-bond donors (Lipinski definition) is 0. The van der Waals surface area contributed by atoms with E-state index in [0.717, 1.165) is 61.3 Å². The van der Waals surface area contributed by atoms with Gasteiger partial charge in [0.15, 0.2) is 0 Å². The summed E-state index contributed by atoms with van der Waals surface area (Å²) in [5.74, 6) is 0. The predicted octanol–water partition coefficient (Wildman–Crippen LogP) is 18.9. The molecule has 14 rings (SSSR count). The molecule has 74 heavy (non-hydrogen) atoms. The fraction of sp³-hybridized carbons (Fsp3) is 0.0141. The average Bonchev–Trinajstić information content (AvgIpc) is 3.98. The molecule has 1 aliphatic rings. The van der Waals surface area contributed by atoms with Crippen LogP contribution in [0.15, 0.2) is 297 Å². The molecule has 1 heterocycles. The molecule has 0 N–H and O–H groups in total. The molecule has 0 unspecified atom stereocenters. The van der Waals surface area contributed by atoms with Crippen LogP contribution in [0.3, 0.4) is 0 Å². The first-order chi connectivity index (χ1) is 38.4. The quantitative estimate of drug-likeness (QED) is 0.135. The van der Waals surface area contributed by atoms with Crippen molar-refractivity contribution in [2.75, 3.05) is 9.80 Å². The van der Waals surface area contributed by atoms with E-state index in [2.05, 4.69) is 204 Å². The second-order valence-electron chi connectivity index (χ2n) is 19.0. The van der Waals surface area contributed by atoms with Gasteiger partial charge >= 0.3 is 0 Å². The molecule has 0 saturated carbocycles. The van der Waals surface area contributed by atoms with Gasteiger partial charge in [0.05, 0.1) is 21.9 Å². The first kappa shape index (κ1) is 39.0. The average molecular weight is 948 g/mol. The molecule has 0 aliphatic heterocycles. The van der Waals surface area contributed by atoms with Gasteiger partial charge in [-0.1, -0.05) is 200 Å². The van der Waals surface area contributed by atoms with E-state index in [9.17, 15) is 5.48 Å². The Morgan fingerprint density at radius 3 is 1.51 bits per heavy atom. The van der Waals surface area contributed by atoms with Crippen molar-refractivity contribution >= 4 is 66.7 Å². The van der Waals surface area contributed by atoms with Gasteiger partial charge in [0.2, 0.25) is 0 Å². The Hall–Kier alpha value is -9.70. The van der Waals surface area contributed by atoms with Gasteiger partial charge in [0.1, 0.15) is 0 Å². The molecule has 12 aromatic carbocycles. The molecular formula is C71H49N3. The highest BCUT2D eigenvalue weighted by Gasteiger charge is 2.46. The minimum Gasteiger partial charge on any atom is -0.311 e. The van der Waals surface area contributed by atoms with Gasteiger partial charge in [0, 0.05) is 50.6 Å². The maximum absolute atomic E-state index is 9.49. The summed E-state index contributed by atoms with van der Waals surface area (Å²) in [5, 5.41) is 4.21. The third-order valence-corrected chi connectivity index (χ3v) is 14.9. The summed E-state index contributed by atoms with van der Waals surface area (Å²) in [7, 11) is 0. The van der Waals surface area contributed by atoms with Crippen LogP contribution in [0.2, 0.25) is 0 Å². The second-order valence-corrected chi connectivity index (χ2v) is 19.0. The molecule has 0 amide bonds. The Morgan fingerprint density at radius 1 is 0.311 bits per heavy atom. The van der Waals surface area contributed by atoms with E-state index in [1.807, 2.05) is 78.9 Å². The number of aromatic nitrogens is 1. The standard InChI is InChI=1S/C71H49N3/c1-6-20-54(21-7-1)71(55-22-8-2-9-23-55)67-32-18-16-30-63(67)64-44-42-61(48-68(64)71)73(62-43-45-66-65-31-17-19-33-69(65)74(70(66)49-62)58-28-14-5-15-29-58)60-41-38-52-46-51(34-35-53(52)47-60)50-36-39-59(40-37-50)72(56-24-10-3-11-25-56)57-26-12-4-13-27-57/h1-49H/i36D,37D,39D,40D. The first-order valence-electron chi connectivity index (χ1n) is 27.2. The molecular weight excluding hydrogens is 895 g/mol. The molecule has 1 aromatic heterocycles. The van der Waals surface area contributed by atoms with Crippen LogP contribution in [0.1, 0.15) is 27.7 Å². The van der Waals surface area contributed by atoms with E-state index in [4.69, 9.17) is 0 Å². The van der Waals surface area contributed by atoms with Gasteiger partial charge in [-0.05, 0) is 152 Å². The molecule has 0 fully saturated rings. The lowest BCUT2D eigenvalue weighted by molar-refractivity contribution is 0.768. The van der Waals surface area contributed by atoms with Crippen LogP contribution in [-0.4, -0.2) is 4.57 Å². The molecule has 0 bridgehead atoms. The zero-order valence-corrected chi connectivity index (χ0v) is 40.3. The highest BCUT2D eigenvalue weighted by Crippen LogP contribution is 2.57. The van der Waals surface area contributed by atoms with Crippen molar-refractivity contribution in [1.29, 1.82) is 0 Å². The molecule has 3 nitrogen and oxygen atoms in total. The number of anilines is 6. The first-order valence-corrected chi connectivity index (χ1v) is 25.2. The zero-order valence-electron chi connectivity index (χ0n) is 44.3. The SMILES string of the molecule is [2H]c1c([2H])c(N(c2ccccc2)c2ccccc2)c([2H])c([2H])c1-c1ccc2cc(N(c3ccc4c(c3)C(c3ccccc3)(c3ccccc3)c3ccccc3-4)c3ccc4c5ccccc5n(-c5ccccc5)c4c3)ccc2c1. The number of nitrogens with zero attached hydrogens (tertiary/aromatic N) is 3. The van der Waals surface area contributed by atoms with E-state index in [-0.39, 0.29) is 35.4 Å². The number of rotatable bonds is 10. The van der Waals surface area contributed by atoms with E-state index in [1.54, 1.807) is 4.90 Å². The van der Waals surface area contributed by atoms with Crippen LogP contribution < -0.4 is 9.80 Å². The van der Waals surface area contributed by atoms with Gasteiger partial charge in [-0.2, -0.15) is 0 Å². The highest BCUT2D eigenvalue weighted by molar-refractivity contribution is 6.10. The number of fused-ring (bicyclic) bond motifs is 7. The topological polar surface area (TPSA) is 11.4 Å². The molecule has 1 aliphatic carbocycles. The van der Waals surface area contributed by atoms with Crippen LogP contribution in [-0.2, 0) is 5.41 Å². The smallest absolute Gasteiger partial charge is 0.0714 e. The molecule has 0 spiro atoms. The molecule has 348 valence electrons. The van der Waals surface area contributed by atoms with Crippen LogP contribution in [0, 0.1) is 0 Å². The van der Waals surface area contributed by atoms with Crippen LogP contribution in [0.4, 0.5) is 34.1 Å². The van der Waals surface area contributed by atoms with Crippen molar-refractivity contribution in [3.8, 4) is 27.9 Å². The van der Waals surface area contributed by atoms with Gasteiger partial charge in [-0.15, -0.1) is 0 Å². The number of hydrogen-bond acceptors (Lipinski definition) is 2. The maximum Gasteiger partial charge on any atom is 0.0714 e. The normalized spacial score (nSPS) is 13.2. The van der Waals surface area contributed by atoms with Crippen molar-refractivity contribution in [2.45, 2.75) is 5.41 Å². The minimum atomic E-state index is -0.607. The van der Waals surface area contributed by atoms with Crippen molar-refractivity contribution in [2.24, 2.45) is 0 Å². The summed E-state index contributed by atoms with van der Waals surface area (Å²) in [4.78, 5) is 4.18. The Bertz CT molecular complexity index is 4320. The molecule has 0 atom stereocenters. The molecule has 0 saturated heterocycles. The Balaban J connectivity index is 0.957. The van der Waals surface area contributed by atoms with Crippen LogP contribution >= 0.6 is 0 Å². The Labute approximate surface area is 437 Å². The highest BCUT2D eigenvalue weighted by atomic mass is 15.1. The summed E-state index contributed by atoms with van der Waals surface area (Å²) in [5.41, 5.74) is 15.4. The van der Waals surface area contributed by atoms with Gasteiger partial charge < -0.3 is 14.4 Å². The maximum atomic E-state index is 9.49. The fourth-order valence-corrected chi connectivity index (χ4v) is 11.6. The van der Waals surface area contributed by atoms with Crippen molar-refractivity contribution in [3.05, 3.63) is 319 Å². The zero-order chi connectivity index (χ0) is 52.5. The number of para-hydroxylation sites is 4. The Morgan fingerprint density at radius 2 is 0.811 bits per heavy atom. The summed E-state index contributed by atoms with van der Waals surface area (Å²) < 4.78 is 40.3. The monoisotopic (exact) mass is 947 g/mol. The second kappa shape index (κ2) is 17.9. The van der Waals surface area contributed by atoms with Gasteiger partial charge in [0.25, 0.3) is 0 Å². The van der Waals surface area contributed by atoms with E-state index < -0.39 is 5.41 Å². The predicted molar refractivity (Wildman–Crippen MR) is 310 cm³/mol. The van der Waals surface area contributed by atoms with E-state index in [0.29, 0.717) is 5.56 Å². The lowest BCUT2D eigenvalue weighted by Gasteiger charge is -2.35. The summed E-state index contributed by atoms with van der Waals surface area (Å²) in [6, 6.07) is 94.8. The summed E-state index contributed by atoms with van der Waals surface area (Å²) in [6.45, 7) is 0. The molecule has 0 radical (unpaired) electrons. The van der Waals surface area contributed by atoms with Gasteiger partial charge in [-0.25, -0.2) is 0 Å². The van der Waals surface area contributed by atoms with E-state index in [1.165, 1.54) is 38.8 Å². The lowest BCUT2D eigenvalue weighted by atomic mass is 9.67. The third-order valence-electron chi connectivity index (χ3n) is 14.9.